The maximum absolute atomic E-state index is 5.62. The summed E-state index contributed by atoms with van der Waals surface area (Å²) in [5.41, 5.74) is 8.31. The molecular formula is C15H23N3. The molecule has 0 fully saturated rings. The largest absolute Gasteiger partial charge is 0.350 e. The number of hydrogen-bond acceptors (Lipinski definition) is 2. The minimum absolute atomic E-state index is 0.522. The van der Waals surface area contributed by atoms with Crippen molar-refractivity contribution in [2.24, 2.45) is 12.8 Å². The number of nitrogens with two attached hydrogens (primary N) is 1. The summed E-state index contributed by atoms with van der Waals surface area (Å²) in [6.45, 7) is 3.96. The number of rotatable bonds is 5. The predicted octanol–water partition coefficient (Wildman–Crippen LogP) is 2.35. The first-order valence-electron chi connectivity index (χ1n) is 6.56. The smallest absolute Gasteiger partial charge is 0.0481 e. The molecule has 1 atom stereocenters. The summed E-state index contributed by atoms with van der Waals surface area (Å²) >= 11 is 0. The van der Waals surface area contributed by atoms with Gasteiger partial charge in [0.15, 0.2) is 0 Å². The van der Waals surface area contributed by atoms with Gasteiger partial charge in [0.05, 0.1) is 0 Å². The van der Waals surface area contributed by atoms with E-state index in [-0.39, 0.29) is 0 Å². The summed E-state index contributed by atoms with van der Waals surface area (Å²) in [7, 11) is 4.28. The van der Waals surface area contributed by atoms with Crippen LogP contribution in [0, 0.1) is 0 Å². The van der Waals surface area contributed by atoms with Crippen LogP contribution in [0.2, 0.25) is 0 Å². The molecule has 0 saturated carbocycles. The maximum atomic E-state index is 5.62. The van der Waals surface area contributed by atoms with Gasteiger partial charge in [-0.3, -0.25) is 4.90 Å². The van der Waals surface area contributed by atoms with E-state index in [9.17, 15) is 0 Å². The first-order valence-corrected chi connectivity index (χ1v) is 6.56. The van der Waals surface area contributed by atoms with Crippen LogP contribution in [0.4, 0.5) is 0 Å². The summed E-state index contributed by atoms with van der Waals surface area (Å²) in [6, 6.07) is 9.09. The van der Waals surface area contributed by atoms with Crippen molar-refractivity contribution in [2.75, 3.05) is 13.6 Å². The Bertz CT molecular complexity index is 515. The molecule has 1 aromatic heterocycles. The van der Waals surface area contributed by atoms with Crippen LogP contribution < -0.4 is 5.73 Å². The van der Waals surface area contributed by atoms with E-state index in [1.807, 2.05) is 0 Å². The summed E-state index contributed by atoms with van der Waals surface area (Å²) in [5.74, 6) is 0. The number of nitrogens with zero attached hydrogens (tertiary/aromatic N) is 2. The third kappa shape index (κ3) is 2.57. The van der Waals surface area contributed by atoms with Crippen molar-refractivity contribution in [3.05, 3.63) is 36.0 Å². The molecule has 1 unspecified atom stereocenters. The molecule has 0 radical (unpaired) electrons. The second-order valence-corrected chi connectivity index (χ2v) is 5.12. The molecule has 0 amide bonds. The van der Waals surface area contributed by atoms with Gasteiger partial charge in [0.2, 0.25) is 0 Å². The average Bonchev–Trinajstić information content (AvgIpc) is 2.67. The molecular weight excluding hydrogens is 222 g/mol. The van der Waals surface area contributed by atoms with Crippen LogP contribution in [-0.2, 0) is 13.6 Å². The Hall–Kier alpha value is -1.32. The Balaban J connectivity index is 2.21. The monoisotopic (exact) mass is 245 g/mol. The highest BCUT2D eigenvalue weighted by Crippen LogP contribution is 2.22. The van der Waals surface area contributed by atoms with Gasteiger partial charge in [0.1, 0.15) is 0 Å². The van der Waals surface area contributed by atoms with Crippen molar-refractivity contribution < 1.29 is 0 Å². The number of para-hydroxylation sites is 1. The lowest BCUT2D eigenvalue weighted by Crippen LogP contribution is -2.30. The fourth-order valence-electron chi connectivity index (χ4n) is 2.44. The van der Waals surface area contributed by atoms with E-state index >= 15 is 0 Å². The van der Waals surface area contributed by atoms with Crippen LogP contribution in [-0.4, -0.2) is 29.1 Å². The molecule has 98 valence electrons. The molecule has 18 heavy (non-hydrogen) atoms. The lowest BCUT2D eigenvalue weighted by atomic mass is 10.1. The van der Waals surface area contributed by atoms with Gasteiger partial charge < -0.3 is 10.3 Å². The van der Waals surface area contributed by atoms with Crippen molar-refractivity contribution in [3.8, 4) is 0 Å². The normalized spacial score (nSPS) is 13.4. The molecule has 1 heterocycles. The Kier molecular flexibility index (Phi) is 4.04. The zero-order chi connectivity index (χ0) is 13.1. The molecule has 1 aromatic carbocycles. The third-order valence-corrected chi connectivity index (χ3v) is 3.74. The van der Waals surface area contributed by atoms with E-state index in [0.717, 1.165) is 19.5 Å². The van der Waals surface area contributed by atoms with Gasteiger partial charge in [-0.25, -0.2) is 0 Å². The van der Waals surface area contributed by atoms with Crippen LogP contribution in [0.3, 0.4) is 0 Å². The molecule has 0 aliphatic carbocycles. The number of fused-ring (bicyclic) bond motifs is 1. The van der Waals surface area contributed by atoms with Crippen molar-refractivity contribution >= 4 is 10.9 Å². The minimum Gasteiger partial charge on any atom is -0.350 e. The number of benzene rings is 1. The second kappa shape index (κ2) is 5.55. The molecule has 0 saturated heterocycles. The summed E-state index contributed by atoms with van der Waals surface area (Å²) < 4.78 is 2.20. The van der Waals surface area contributed by atoms with Crippen molar-refractivity contribution in [1.82, 2.24) is 9.47 Å². The van der Waals surface area contributed by atoms with Crippen molar-refractivity contribution in [2.45, 2.75) is 25.9 Å². The van der Waals surface area contributed by atoms with Crippen LogP contribution >= 0.6 is 0 Å². The maximum Gasteiger partial charge on any atom is 0.0481 e. The predicted molar refractivity (Wildman–Crippen MR) is 77.5 cm³/mol. The quantitative estimate of drug-likeness (QED) is 0.877. The number of aromatic nitrogens is 1. The van der Waals surface area contributed by atoms with Crippen molar-refractivity contribution in [1.29, 1.82) is 0 Å². The van der Waals surface area contributed by atoms with Gasteiger partial charge in [-0.05, 0) is 38.6 Å². The Morgan fingerprint density at radius 2 is 2.06 bits per heavy atom. The molecule has 2 N–H and O–H groups in total. The Morgan fingerprint density at radius 1 is 1.33 bits per heavy atom. The van der Waals surface area contributed by atoms with E-state index in [4.69, 9.17) is 5.73 Å². The number of aryl methyl sites for hydroxylation is 1. The molecule has 2 rings (SSSR count). The SMILES string of the molecule is CC(CCN)N(C)Cc1cn(C)c2ccccc12. The second-order valence-electron chi connectivity index (χ2n) is 5.12. The first kappa shape index (κ1) is 13.1. The Morgan fingerprint density at radius 3 is 2.78 bits per heavy atom. The van der Waals surface area contributed by atoms with E-state index in [2.05, 4.69) is 60.9 Å². The molecule has 0 spiro atoms. The van der Waals surface area contributed by atoms with Gasteiger partial charge in [-0.15, -0.1) is 0 Å². The molecule has 3 nitrogen and oxygen atoms in total. The Labute approximate surface area is 109 Å². The van der Waals surface area contributed by atoms with Gasteiger partial charge >= 0.3 is 0 Å². The van der Waals surface area contributed by atoms with Gasteiger partial charge in [0, 0.05) is 36.7 Å². The summed E-state index contributed by atoms with van der Waals surface area (Å²) in [5, 5.41) is 1.35. The summed E-state index contributed by atoms with van der Waals surface area (Å²) in [6.07, 6.45) is 3.28. The standard InChI is InChI=1S/C15H23N3/c1-12(8-9-16)17(2)10-13-11-18(3)15-7-5-4-6-14(13)15/h4-7,11-12H,8-10,16H2,1-3H3. The zero-order valence-corrected chi connectivity index (χ0v) is 11.6. The summed E-state index contributed by atoms with van der Waals surface area (Å²) in [4.78, 5) is 2.37. The minimum atomic E-state index is 0.522. The lowest BCUT2D eigenvalue weighted by Gasteiger charge is -2.23. The highest BCUT2D eigenvalue weighted by atomic mass is 15.1. The van der Waals surface area contributed by atoms with E-state index in [1.54, 1.807) is 0 Å². The average molecular weight is 245 g/mol. The van der Waals surface area contributed by atoms with Gasteiger partial charge in [-0.1, -0.05) is 18.2 Å². The highest BCUT2D eigenvalue weighted by molar-refractivity contribution is 5.83. The highest BCUT2D eigenvalue weighted by Gasteiger charge is 2.12. The van der Waals surface area contributed by atoms with E-state index in [0.29, 0.717) is 6.04 Å². The third-order valence-electron chi connectivity index (χ3n) is 3.74. The molecule has 0 aliphatic heterocycles. The fourth-order valence-corrected chi connectivity index (χ4v) is 2.44. The molecule has 3 heteroatoms. The van der Waals surface area contributed by atoms with Crippen LogP contribution in [0.5, 0.6) is 0 Å². The van der Waals surface area contributed by atoms with Gasteiger partial charge in [0.25, 0.3) is 0 Å². The molecule has 0 bridgehead atoms. The topological polar surface area (TPSA) is 34.2 Å². The van der Waals surface area contributed by atoms with Crippen LogP contribution in [0.15, 0.2) is 30.5 Å². The number of hydrogen-bond donors (Lipinski definition) is 1. The van der Waals surface area contributed by atoms with Crippen LogP contribution in [0.25, 0.3) is 10.9 Å². The van der Waals surface area contributed by atoms with Crippen molar-refractivity contribution in [3.63, 3.8) is 0 Å². The molecule has 0 aliphatic rings. The fraction of sp³-hybridized carbons (Fsp3) is 0.467. The van der Waals surface area contributed by atoms with Gasteiger partial charge in [-0.2, -0.15) is 0 Å². The lowest BCUT2D eigenvalue weighted by molar-refractivity contribution is 0.241. The first-order chi connectivity index (χ1) is 8.63. The zero-order valence-electron chi connectivity index (χ0n) is 11.6. The van der Waals surface area contributed by atoms with Crippen LogP contribution in [0.1, 0.15) is 18.9 Å². The molecule has 2 aromatic rings. The van der Waals surface area contributed by atoms with E-state index < -0.39 is 0 Å². The van der Waals surface area contributed by atoms with E-state index in [1.165, 1.54) is 16.5 Å².